The van der Waals surface area contributed by atoms with Gasteiger partial charge >= 0.3 is 0 Å². The minimum absolute atomic E-state index is 0.0414. The fraction of sp³-hybridized carbons (Fsp3) is 0.174. The number of nitrogens with zero attached hydrogens (tertiary/aromatic N) is 1. The minimum Gasteiger partial charge on any atom is -0.481 e. The van der Waals surface area contributed by atoms with Crippen molar-refractivity contribution in [2.45, 2.75) is 10.3 Å². The molecule has 0 spiro atoms. The van der Waals surface area contributed by atoms with Crippen LogP contribution in [0.5, 0.6) is 5.88 Å². The molecule has 1 fully saturated rings. The van der Waals surface area contributed by atoms with Crippen molar-refractivity contribution in [3.05, 3.63) is 79.9 Å². The molecular formula is C23H15Cl6N3O3. The maximum absolute atomic E-state index is 13.0. The minimum atomic E-state index is -1.34. The highest BCUT2D eigenvalue weighted by Crippen LogP contribution is 2.65. The van der Waals surface area contributed by atoms with Crippen LogP contribution in [0.1, 0.15) is 21.8 Å². The number of carbonyl (C=O) groups excluding carboxylic acids is 2. The van der Waals surface area contributed by atoms with Crippen molar-refractivity contribution in [2.75, 3.05) is 17.7 Å². The van der Waals surface area contributed by atoms with E-state index in [1.54, 1.807) is 36.4 Å². The number of aromatic nitrogens is 1. The number of rotatable bonds is 6. The van der Waals surface area contributed by atoms with Crippen LogP contribution < -0.4 is 15.4 Å². The average molecular weight is 594 g/mol. The van der Waals surface area contributed by atoms with Gasteiger partial charge in [0.1, 0.15) is 4.33 Å². The van der Waals surface area contributed by atoms with Crippen LogP contribution in [0, 0.1) is 5.92 Å². The van der Waals surface area contributed by atoms with Gasteiger partial charge < -0.3 is 15.4 Å². The second-order valence-corrected chi connectivity index (χ2v) is 10.7. The number of alkyl halides is 2. The van der Waals surface area contributed by atoms with E-state index >= 15 is 0 Å². The first-order valence-corrected chi connectivity index (χ1v) is 12.2. The number of halogens is 6. The molecule has 182 valence electrons. The molecule has 12 heteroatoms. The van der Waals surface area contributed by atoms with Gasteiger partial charge in [0.25, 0.3) is 5.91 Å². The van der Waals surface area contributed by atoms with Gasteiger partial charge in [-0.25, -0.2) is 0 Å². The van der Waals surface area contributed by atoms with Crippen molar-refractivity contribution in [3.63, 3.8) is 0 Å². The van der Waals surface area contributed by atoms with E-state index in [9.17, 15) is 9.59 Å². The summed E-state index contributed by atoms with van der Waals surface area (Å²) in [4.78, 5) is 29.8. The lowest BCUT2D eigenvalue weighted by atomic mass is 10.1. The normalized spacial score (nSPS) is 18.0. The van der Waals surface area contributed by atoms with Crippen LogP contribution in [0.2, 0.25) is 20.2 Å². The van der Waals surface area contributed by atoms with Crippen LogP contribution in [0.15, 0.2) is 48.5 Å². The number of pyridine rings is 1. The number of ether oxygens (including phenoxy) is 1. The van der Waals surface area contributed by atoms with E-state index in [4.69, 9.17) is 74.3 Å². The van der Waals surface area contributed by atoms with Crippen LogP contribution in [-0.4, -0.2) is 28.2 Å². The first-order chi connectivity index (χ1) is 16.5. The first kappa shape index (κ1) is 26.1. The Morgan fingerprint density at radius 3 is 2.26 bits per heavy atom. The Morgan fingerprint density at radius 1 is 0.943 bits per heavy atom. The van der Waals surface area contributed by atoms with Gasteiger partial charge in [0.15, 0.2) is 5.15 Å². The van der Waals surface area contributed by atoms with Crippen LogP contribution in [-0.2, 0) is 4.79 Å². The Bertz CT molecular complexity index is 1310. The molecule has 1 aromatic heterocycles. The lowest BCUT2D eigenvalue weighted by Crippen LogP contribution is -2.18. The number of nitrogens with one attached hydrogen (secondary N) is 2. The summed E-state index contributed by atoms with van der Waals surface area (Å²) >= 11 is 37.3. The summed E-state index contributed by atoms with van der Waals surface area (Å²) < 4.78 is 3.65. The summed E-state index contributed by atoms with van der Waals surface area (Å²) in [5.74, 6) is -1.97. The molecule has 6 nitrogen and oxygen atoms in total. The Hall–Kier alpha value is -1.93. The predicted molar refractivity (Wildman–Crippen MR) is 141 cm³/mol. The van der Waals surface area contributed by atoms with E-state index in [1.807, 2.05) is 0 Å². The molecule has 4 rings (SSSR count). The third-order valence-electron chi connectivity index (χ3n) is 5.34. The van der Waals surface area contributed by atoms with Gasteiger partial charge in [0.05, 0.1) is 29.3 Å². The standard InChI is InChI=1S/C23H15Cl6N3O3/c1-35-17-5-4-16(20(27)32-17)31-21(33)14-9-13(2-3-15(14)26)30-22(34)19-18(23(19,28)29)10-6-11(24)8-12(25)7-10/h2-9,18-19H,1H3,(H,30,34)(H,31,33)/t18-,19+/m0/s1. The van der Waals surface area contributed by atoms with Crippen molar-refractivity contribution >= 4 is 92.8 Å². The van der Waals surface area contributed by atoms with E-state index in [-0.39, 0.29) is 21.4 Å². The molecule has 3 aromatic rings. The summed E-state index contributed by atoms with van der Waals surface area (Å²) in [6.07, 6.45) is 0. The largest absolute Gasteiger partial charge is 0.481 e. The Balaban J connectivity index is 1.51. The molecule has 35 heavy (non-hydrogen) atoms. The number of anilines is 2. The number of methoxy groups -OCH3 is 1. The van der Waals surface area contributed by atoms with Crippen LogP contribution >= 0.6 is 69.6 Å². The van der Waals surface area contributed by atoms with Crippen molar-refractivity contribution in [1.29, 1.82) is 0 Å². The second-order valence-electron chi connectivity index (χ2n) is 7.66. The highest BCUT2D eigenvalue weighted by Gasteiger charge is 2.67. The molecular weight excluding hydrogens is 579 g/mol. The van der Waals surface area contributed by atoms with Gasteiger partial charge in [-0.3, -0.25) is 9.59 Å². The second kappa shape index (κ2) is 10.2. The third kappa shape index (κ3) is 5.58. The zero-order valence-corrected chi connectivity index (χ0v) is 22.2. The Labute approximate surface area is 230 Å². The molecule has 2 atom stereocenters. The molecule has 0 aliphatic heterocycles. The summed E-state index contributed by atoms with van der Waals surface area (Å²) in [5, 5.41) is 6.39. The van der Waals surface area contributed by atoms with Crippen molar-refractivity contribution < 1.29 is 14.3 Å². The fourth-order valence-corrected chi connectivity index (χ4v) is 5.40. The third-order valence-corrected chi connectivity index (χ3v) is 7.33. The highest BCUT2D eigenvalue weighted by atomic mass is 35.5. The maximum atomic E-state index is 13.0. The van der Waals surface area contributed by atoms with Crippen LogP contribution in [0.3, 0.4) is 0 Å². The topological polar surface area (TPSA) is 80.3 Å². The number of hydrogen-bond donors (Lipinski definition) is 2. The summed E-state index contributed by atoms with van der Waals surface area (Å²) in [6, 6.07) is 12.4. The van der Waals surface area contributed by atoms with Gasteiger partial charge in [-0.15, -0.1) is 23.2 Å². The fourth-order valence-electron chi connectivity index (χ4n) is 3.63. The van der Waals surface area contributed by atoms with Crippen molar-refractivity contribution in [1.82, 2.24) is 4.98 Å². The molecule has 0 unspecified atom stereocenters. The Morgan fingerprint density at radius 2 is 1.63 bits per heavy atom. The summed E-state index contributed by atoms with van der Waals surface area (Å²) in [7, 11) is 1.45. The first-order valence-electron chi connectivity index (χ1n) is 9.97. The maximum Gasteiger partial charge on any atom is 0.257 e. The summed E-state index contributed by atoms with van der Waals surface area (Å²) in [6.45, 7) is 0. The van der Waals surface area contributed by atoms with Gasteiger partial charge in [-0.1, -0.05) is 46.4 Å². The van der Waals surface area contributed by atoms with E-state index in [0.29, 0.717) is 27.2 Å². The molecule has 2 N–H and O–H groups in total. The molecule has 1 aliphatic rings. The average Bonchev–Trinajstić information content (AvgIpc) is 3.37. The molecule has 1 saturated carbocycles. The number of hydrogen-bond acceptors (Lipinski definition) is 4. The molecule has 0 radical (unpaired) electrons. The predicted octanol–water partition coefficient (Wildman–Crippen LogP) is 7.48. The van der Waals surface area contributed by atoms with E-state index in [1.165, 1.54) is 19.2 Å². The number of carbonyl (C=O) groups is 2. The lowest BCUT2D eigenvalue weighted by molar-refractivity contribution is -0.117. The molecule has 2 aromatic carbocycles. The van der Waals surface area contributed by atoms with Gasteiger partial charge in [0, 0.05) is 27.7 Å². The van der Waals surface area contributed by atoms with Crippen molar-refractivity contribution in [3.8, 4) is 5.88 Å². The zero-order chi connectivity index (χ0) is 25.5. The molecule has 0 bridgehead atoms. The van der Waals surface area contributed by atoms with Crippen LogP contribution in [0.25, 0.3) is 0 Å². The van der Waals surface area contributed by atoms with Gasteiger partial charge in [-0.05, 0) is 48.0 Å². The Kier molecular flexibility index (Phi) is 7.62. The molecule has 2 amide bonds. The SMILES string of the molecule is COc1ccc(NC(=O)c2cc(NC(=O)[C@H]3[C@H](c4cc(Cl)cc(Cl)c4)C3(Cl)Cl)ccc2Cl)c(Cl)n1. The molecule has 1 heterocycles. The quantitative estimate of drug-likeness (QED) is 0.229. The lowest BCUT2D eigenvalue weighted by Gasteiger charge is -2.11. The van der Waals surface area contributed by atoms with Gasteiger partial charge in [-0.2, -0.15) is 4.98 Å². The number of amides is 2. The molecule has 0 saturated heterocycles. The highest BCUT2D eigenvalue weighted by molar-refractivity contribution is 6.53. The number of benzene rings is 2. The zero-order valence-electron chi connectivity index (χ0n) is 17.7. The van der Waals surface area contributed by atoms with E-state index in [0.717, 1.165) is 0 Å². The smallest absolute Gasteiger partial charge is 0.257 e. The van der Waals surface area contributed by atoms with Crippen molar-refractivity contribution in [2.24, 2.45) is 5.92 Å². The van der Waals surface area contributed by atoms with E-state index in [2.05, 4.69) is 15.6 Å². The monoisotopic (exact) mass is 591 g/mol. The summed E-state index contributed by atoms with van der Waals surface area (Å²) in [5.41, 5.74) is 1.34. The van der Waals surface area contributed by atoms with Gasteiger partial charge in [0.2, 0.25) is 11.8 Å². The molecule has 1 aliphatic carbocycles. The van der Waals surface area contributed by atoms with E-state index < -0.39 is 28.0 Å². The van der Waals surface area contributed by atoms with Crippen LogP contribution in [0.4, 0.5) is 11.4 Å².